The van der Waals surface area contributed by atoms with Crippen molar-refractivity contribution in [2.45, 2.75) is 33.9 Å². The molecule has 1 aromatic heterocycles. The molecular weight excluding hydrogens is 328 g/mol. The highest BCUT2D eigenvalue weighted by molar-refractivity contribution is 7.16. The number of thiophene rings is 1. The van der Waals surface area contributed by atoms with Gasteiger partial charge in [-0.2, -0.15) is 5.10 Å². The van der Waals surface area contributed by atoms with Crippen molar-refractivity contribution in [2.75, 3.05) is 25.0 Å². The molecule has 0 spiro atoms. The molecule has 2 aromatic rings. The van der Waals surface area contributed by atoms with E-state index in [0.717, 1.165) is 12.3 Å². The highest BCUT2D eigenvalue weighted by Crippen LogP contribution is 2.40. The summed E-state index contributed by atoms with van der Waals surface area (Å²) in [6, 6.07) is 8.67. The van der Waals surface area contributed by atoms with Crippen LogP contribution in [-0.4, -0.2) is 43.7 Å². The van der Waals surface area contributed by atoms with Crippen molar-refractivity contribution in [3.8, 4) is 0 Å². The lowest BCUT2D eigenvalue weighted by atomic mass is 9.99. The van der Waals surface area contributed by atoms with Crippen LogP contribution < -0.4 is 4.90 Å². The summed E-state index contributed by atoms with van der Waals surface area (Å²) in [4.78, 5) is 8.79. The number of benzene rings is 1. The molecule has 1 aliphatic rings. The van der Waals surface area contributed by atoms with E-state index < -0.39 is 0 Å². The first-order chi connectivity index (χ1) is 12.0. The van der Waals surface area contributed by atoms with Gasteiger partial charge in [-0.05, 0) is 33.3 Å². The largest absolute Gasteiger partial charge is 0.340 e. The van der Waals surface area contributed by atoms with Gasteiger partial charge in [-0.25, -0.2) is 0 Å². The summed E-state index contributed by atoms with van der Waals surface area (Å²) in [6.45, 7) is 14.0. The molecule has 1 unspecified atom stereocenters. The zero-order chi connectivity index (χ0) is 18.1. The topological polar surface area (TPSA) is 31.2 Å². The lowest BCUT2D eigenvalue weighted by molar-refractivity contribution is 0.255. The van der Waals surface area contributed by atoms with Gasteiger partial charge >= 0.3 is 0 Å². The Morgan fingerprint density at radius 3 is 2.56 bits per heavy atom. The minimum Gasteiger partial charge on any atom is -0.340 e. The van der Waals surface area contributed by atoms with Gasteiger partial charge in [0, 0.05) is 36.3 Å². The van der Waals surface area contributed by atoms with Crippen LogP contribution in [0.15, 0.2) is 34.4 Å². The summed E-state index contributed by atoms with van der Waals surface area (Å²) in [5.74, 6) is 0. The Morgan fingerprint density at radius 1 is 1.28 bits per heavy atom. The first kappa shape index (κ1) is 17.7. The molecular formula is C20H26N4S. The fourth-order valence-corrected chi connectivity index (χ4v) is 4.56. The average Bonchev–Trinajstić information content (AvgIpc) is 2.80. The normalized spacial score (nSPS) is 16.9. The predicted molar refractivity (Wildman–Crippen MR) is 110 cm³/mol. The van der Waals surface area contributed by atoms with Crippen molar-refractivity contribution in [1.29, 1.82) is 0 Å². The number of aliphatic imine (C=N–C) groups is 1. The van der Waals surface area contributed by atoms with Crippen molar-refractivity contribution in [2.24, 2.45) is 10.1 Å². The van der Waals surface area contributed by atoms with Crippen LogP contribution in [0.3, 0.4) is 0 Å². The third-order valence-corrected chi connectivity index (χ3v) is 6.20. The second-order valence-corrected chi connectivity index (χ2v) is 7.70. The van der Waals surface area contributed by atoms with Gasteiger partial charge in [0.1, 0.15) is 11.2 Å². The zero-order valence-electron chi connectivity index (χ0n) is 15.7. The maximum absolute atomic E-state index is 5.04. The van der Waals surface area contributed by atoms with Crippen molar-refractivity contribution in [1.82, 2.24) is 5.01 Å². The molecule has 132 valence electrons. The molecule has 2 heterocycles. The standard InChI is InChI=1S/C20H26N4S/c1-7-24-17(23(6)21-5)12-22-19(16-10-8-13(2)9-11-16)18-14(3)15(4)25-20(18)24/h8-11,17H,5,7,12H2,1-4,6H3. The van der Waals surface area contributed by atoms with Gasteiger partial charge in [0.2, 0.25) is 0 Å². The van der Waals surface area contributed by atoms with Crippen LogP contribution in [0, 0.1) is 20.8 Å². The van der Waals surface area contributed by atoms with E-state index in [1.807, 2.05) is 23.4 Å². The van der Waals surface area contributed by atoms with Crippen molar-refractivity contribution in [3.05, 3.63) is 51.4 Å². The predicted octanol–water partition coefficient (Wildman–Crippen LogP) is 4.22. The molecule has 1 atom stereocenters. The van der Waals surface area contributed by atoms with Crippen LogP contribution in [0.25, 0.3) is 0 Å². The van der Waals surface area contributed by atoms with Gasteiger partial charge in [-0.15, -0.1) is 11.3 Å². The molecule has 25 heavy (non-hydrogen) atoms. The van der Waals surface area contributed by atoms with Crippen molar-refractivity contribution < 1.29 is 0 Å². The summed E-state index contributed by atoms with van der Waals surface area (Å²) in [5, 5.41) is 7.34. The monoisotopic (exact) mass is 354 g/mol. The Bertz CT molecular complexity index is 804. The van der Waals surface area contributed by atoms with E-state index in [1.54, 1.807) is 0 Å². The van der Waals surface area contributed by atoms with Gasteiger partial charge in [-0.1, -0.05) is 29.8 Å². The third-order valence-electron chi connectivity index (χ3n) is 4.96. The maximum atomic E-state index is 5.04. The molecule has 0 saturated carbocycles. The fraction of sp³-hybridized carbons (Fsp3) is 0.400. The molecule has 0 bridgehead atoms. The molecule has 3 rings (SSSR count). The molecule has 1 aromatic carbocycles. The minimum atomic E-state index is 0.0849. The van der Waals surface area contributed by atoms with Gasteiger partial charge in [0.25, 0.3) is 0 Å². The van der Waals surface area contributed by atoms with Crippen LogP contribution in [0.4, 0.5) is 5.00 Å². The average molecular weight is 355 g/mol. The fourth-order valence-electron chi connectivity index (χ4n) is 3.29. The van der Waals surface area contributed by atoms with Crippen LogP contribution in [0.5, 0.6) is 0 Å². The van der Waals surface area contributed by atoms with Gasteiger partial charge < -0.3 is 4.90 Å². The van der Waals surface area contributed by atoms with Crippen LogP contribution in [-0.2, 0) is 0 Å². The number of nitrogens with zero attached hydrogens (tertiary/aromatic N) is 4. The molecule has 0 N–H and O–H groups in total. The van der Waals surface area contributed by atoms with Crippen molar-refractivity contribution >= 4 is 28.8 Å². The Labute approximate surface area is 154 Å². The first-order valence-electron chi connectivity index (χ1n) is 8.65. The summed E-state index contributed by atoms with van der Waals surface area (Å²) in [5.41, 5.74) is 6.13. The third kappa shape index (κ3) is 3.09. The second-order valence-electron chi connectivity index (χ2n) is 6.50. The Hall–Kier alpha value is -2.14. The Balaban J connectivity index is 2.20. The van der Waals surface area contributed by atoms with E-state index in [-0.39, 0.29) is 6.17 Å². The number of fused-ring (bicyclic) bond motifs is 1. The van der Waals surface area contributed by atoms with Crippen LogP contribution >= 0.6 is 11.3 Å². The number of hydrogen-bond donors (Lipinski definition) is 0. The Morgan fingerprint density at radius 2 is 1.96 bits per heavy atom. The van der Waals surface area contributed by atoms with Crippen LogP contribution in [0.1, 0.15) is 34.1 Å². The number of rotatable bonds is 4. The zero-order valence-corrected chi connectivity index (χ0v) is 16.5. The molecule has 5 heteroatoms. The summed E-state index contributed by atoms with van der Waals surface area (Å²) in [6.07, 6.45) is 0.0849. The SMILES string of the molecule is C=NN(C)C1CN=C(c2ccc(C)cc2)c2c(sc(C)c2C)N1CC. The lowest BCUT2D eigenvalue weighted by Gasteiger charge is -2.34. The highest BCUT2D eigenvalue weighted by Gasteiger charge is 2.31. The summed E-state index contributed by atoms with van der Waals surface area (Å²) in [7, 11) is 1.97. The van der Waals surface area contributed by atoms with E-state index in [0.29, 0.717) is 6.54 Å². The van der Waals surface area contributed by atoms with Crippen LogP contribution in [0.2, 0.25) is 0 Å². The quantitative estimate of drug-likeness (QED) is 0.608. The van der Waals surface area contributed by atoms with Gasteiger partial charge in [0.05, 0.1) is 12.3 Å². The number of likely N-dealkylation sites (N-methyl/N-ethyl adjacent to an activating group) is 2. The molecule has 0 saturated heterocycles. The number of hydrazone groups is 1. The smallest absolute Gasteiger partial charge is 0.138 e. The lowest BCUT2D eigenvalue weighted by Crippen LogP contribution is -2.46. The maximum Gasteiger partial charge on any atom is 0.138 e. The molecule has 0 fully saturated rings. The summed E-state index contributed by atoms with van der Waals surface area (Å²) < 4.78 is 0. The first-order valence-corrected chi connectivity index (χ1v) is 9.47. The van der Waals surface area contributed by atoms with E-state index in [4.69, 9.17) is 4.99 Å². The molecule has 0 amide bonds. The number of hydrogen-bond acceptors (Lipinski definition) is 5. The van der Waals surface area contributed by atoms with Gasteiger partial charge in [0.15, 0.2) is 0 Å². The number of anilines is 1. The molecule has 4 nitrogen and oxygen atoms in total. The van der Waals surface area contributed by atoms with Crippen molar-refractivity contribution in [3.63, 3.8) is 0 Å². The van der Waals surface area contributed by atoms with Gasteiger partial charge in [-0.3, -0.25) is 10.0 Å². The number of aryl methyl sites for hydroxylation is 2. The Kier molecular flexibility index (Phi) is 4.95. The van der Waals surface area contributed by atoms with E-state index in [1.165, 1.54) is 32.1 Å². The van der Waals surface area contributed by atoms with E-state index >= 15 is 0 Å². The minimum absolute atomic E-state index is 0.0849. The highest BCUT2D eigenvalue weighted by atomic mass is 32.1. The second kappa shape index (κ2) is 7.00. The van der Waals surface area contributed by atoms with E-state index in [9.17, 15) is 0 Å². The molecule has 0 radical (unpaired) electrons. The van der Waals surface area contributed by atoms with E-state index in [2.05, 4.69) is 68.7 Å². The molecule has 1 aliphatic heterocycles. The molecule has 0 aliphatic carbocycles. The summed E-state index contributed by atoms with van der Waals surface area (Å²) >= 11 is 1.85.